The van der Waals surface area contributed by atoms with Crippen LogP contribution in [0, 0.1) is 0 Å². The standard InChI is InChI=1S/C2H5N2O/c1-5-2(3)4/h3H2,1H3. The van der Waals surface area contributed by atoms with Gasteiger partial charge in [0.2, 0.25) is 0 Å². The molecule has 0 rings (SSSR count). The summed E-state index contributed by atoms with van der Waals surface area (Å²) < 4.78 is 4.00. The molecule has 0 unspecified atom stereocenters. The molecule has 5 heavy (non-hydrogen) atoms. The molecule has 3 nitrogen and oxygen atoms in total. The summed E-state index contributed by atoms with van der Waals surface area (Å²) in [7, 11) is 1.29. The molecule has 0 saturated heterocycles. The molecule has 0 amide bonds. The topological polar surface area (TPSA) is 57.5 Å². The number of rotatable bonds is 0. The van der Waals surface area contributed by atoms with Crippen LogP contribution >= 0.6 is 0 Å². The Kier molecular flexibility index (Phi) is 1.35. The van der Waals surface area contributed by atoms with Crippen molar-refractivity contribution < 1.29 is 4.74 Å². The Morgan fingerprint density at radius 3 is 2.20 bits per heavy atom. The van der Waals surface area contributed by atoms with Crippen LogP contribution in [0.15, 0.2) is 0 Å². The molecule has 1 radical (unpaired) electrons. The fourth-order valence-corrected chi connectivity index (χ4v) is 0. The average Bonchev–Trinajstić information content (AvgIpc) is 1.38. The monoisotopic (exact) mass is 73.0 g/mol. The van der Waals surface area contributed by atoms with Gasteiger partial charge in [-0.3, -0.25) is 0 Å². The number of ether oxygens (including phenoxy) is 1. The van der Waals surface area contributed by atoms with Crippen molar-refractivity contribution in [3.63, 3.8) is 0 Å². The predicted octanol–water partition coefficient (Wildman–Crippen LogP) is -1.25. The Morgan fingerprint density at radius 2 is 2.20 bits per heavy atom. The third-order valence-corrected chi connectivity index (χ3v) is 0.209. The lowest BCUT2D eigenvalue weighted by atomic mass is 11.2. The van der Waals surface area contributed by atoms with Crippen LogP contribution in [0.1, 0.15) is 0 Å². The van der Waals surface area contributed by atoms with Gasteiger partial charge in [0.15, 0.2) is 0 Å². The minimum atomic E-state index is -0.495. The zero-order valence-electron chi connectivity index (χ0n) is 2.93. The Hall–Kier alpha value is -0.730. The summed E-state index contributed by atoms with van der Waals surface area (Å²) in [4.78, 5) is 0. The van der Waals surface area contributed by atoms with E-state index in [1.165, 1.54) is 7.11 Å². The SMILES string of the molecule is COC(=[N])N. The second kappa shape index (κ2) is 1.58. The summed E-state index contributed by atoms with van der Waals surface area (Å²) >= 11 is 0. The van der Waals surface area contributed by atoms with Crippen molar-refractivity contribution in [1.82, 2.24) is 5.41 Å². The molecule has 0 aliphatic rings. The van der Waals surface area contributed by atoms with Gasteiger partial charge in [-0.2, -0.15) is 0 Å². The maximum atomic E-state index is 7.83. The normalized spacial score (nSPS) is 6.60. The second-order valence-corrected chi connectivity index (χ2v) is 0.542. The number of amidine groups is 1. The van der Waals surface area contributed by atoms with Crippen molar-refractivity contribution in [2.45, 2.75) is 0 Å². The van der Waals surface area contributed by atoms with Crippen LogP contribution in [0.3, 0.4) is 0 Å². The van der Waals surface area contributed by atoms with E-state index in [1.54, 1.807) is 0 Å². The Balaban J connectivity index is 2.85. The zero-order valence-corrected chi connectivity index (χ0v) is 2.93. The average molecular weight is 73.1 g/mol. The lowest BCUT2D eigenvalue weighted by Gasteiger charge is -1.84. The van der Waals surface area contributed by atoms with Crippen molar-refractivity contribution in [3.05, 3.63) is 0 Å². The summed E-state index contributed by atoms with van der Waals surface area (Å²) in [6.07, 6.45) is 0. The lowest BCUT2D eigenvalue weighted by Crippen LogP contribution is -2.13. The second-order valence-electron chi connectivity index (χ2n) is 0.542. The zero-order chi connectivity index (χ0) is 4.28. The molecule has 0 heterocycles. The van der Waals surface area contributed by atoms with E-state index in [0.29, 0.717) is 0 Å². The van der Waals surface area contributed by atoms with Crippen molar-refractivity contribution in [2.75, 3.05) is 7.11 Å². The number of hydrogen-bond acceptors (Lipinski definition) is 1. The fourth-order valence-electron chi connectivity index (χ4n) is 0. The molecule has 3 heteroatoms. The third kappa shape index (κ3) is 3.27. The smallest absolute Gasteiger partial charge is 0.305 e. The minimum Gasteiger partial charge on any atom is -0.467 e. The van der Waals surface area contributed by atoms with Gasteiger partial charge in [-0.05, 0) is 0 Å². The summed E-state index contributed by atoms with van der Waals surface area (Å²) in [5, 5.41) is 7.83. The summed E-state index contributed by atoms with van der Waals surface area (Å²) in [5.74, 6) is 0. The first-order chi connectivity index (χ1) is 2.27. The van der Waals surface area contributed by atoms with Crippen LogP contribution < -0.4 is 11.1 Å². The molecular weight excluding hydrogens is 68.0 g/mol. The van der Waals surface area contributed by atoms with E-state index in [0.717, 1.165) is 0 Å². The fraction of sp³-hybridized carbons (Fsp3) is 0.500. The van der Waals surface area contributed by atoms with E-state index in [4.69, 9.17) is 5.41 Å². The predicted molar refractivity (Wildman–Crippen MR) is 18.3 cm³/mol. The molecule has 0 saturated carbocycles. The highest BCUT2D eigenvalue weighted by Crippen LogP contribution is 1.46. The number of nitrogens with zero attached hydrogens (tertiary/aromatic N) is 1. The van der Waals surface area contributed by atoms with Gasteiger partial charge in [0.05, 0.1) is 7.11 Å². The molecule has 2 N–H and O–H groups in total. The first-order valence-corrected chi connectivity index (χ1v) is 1.12. The van der Waals surface area contributed by atoms with Gasteiger partial charge in [0.1, 0.15) is 0 Å². The minimum absolute atomic E-state index is 0.495. The Bertz CT molecular complexity index is 42.9. The highest BCUT2D eigenvalue weighted by molar-refractivity contribution is 5.68. The maximum Gasteiger partial charge on any atom is 0.305 e. The Labute approximate surface area is 30.2 Å². The molecule has 0 fully saturated rings. The highest BCUT2D eigenvalue weighted by atomic mass is 16.5. The van der Waals surface area contributed by atoms with Gasteiger partial charge in [0.25, 0.3) is 0 Å². The van der Waals surface area contributed by atoms with Crippen LogP contribution in [0.5, 0.6) is 0 Å². The molecule has 0 aromatic rings. The summed E-state index contributed by atoms with van der Waals surface area (Å²) in [6.45, 7) is 0. The van der Waals surface area contributed by atoms with Crippen LogP contribution in [-0.4, -0.2) is 13.1 Å². The van der Waals surface area contributed by atoms with Gasteiger partial charge in [0, 0.05) is 0 Å². The largest absolute Gasteiger partial charge is 0.467 e. The van der Waals surface area contributed by atoms with Crippen molar-refractivity contribution >= 4 is 6.02 Å². The first-order valence-electron chi connectivity index (χ1n) is 1.12. The van der Waals surface area contributed by atoms with Gasteiger partial charge < -0.3 is 10.5 Å². The molecule has 0 atom stereocenters. The van der Waals surface area contributed by atoms with Crippen LogP contribution in [0.2, 0.25) is 0 Å². The van der Waals surface area contributed by atoms with E-state index >= 15 is 0 Å². The molecule has 0 spiro atoms. The van der Waals surface area contributed by atoms with Gasteiger partial charge in [-0.1, -0.05) is 5.41 Å². The van der Waals surface area contributed by atoms with Crippen molar-refractivity contribution in [3.8, 4) is 0 Å². The highest BCUT2D eigenvalue weighted by Gasteiger charge is 1.71. The lowest BCUT2D eigenvalue weighted by molar-refractivity contribution is 0.397. The molecule has 0 aromatic carbocycles. The van der Waals surface area contributed by atoms with E-state index < -0.39 is 6.02 Å². The maximum absolute atomic E-state index is 7.83. The van der Waals surface area contributed by atoms with E-state index in [2.05, 4.69) is 10.5 Å². The van der Waals surface area contributed by atoms with E-state index in [-0.39, 0.29) is 0 Å². The quantitative estimate of drug-likeness (QED) is 0.287. The van der Waals surface area contributed by atoms with E-state index in [9.17, 15) is 0 Å². The molecule has 0 aliphatic heterocycles. The van der Waals surface area contributed by atoms with Gasteiger partial charge in [-0.15, -0.1) is 0 Å². The van der Waals surface area contributed by atoms with Crippen molar-refractivity contribution in [1.29, 1.82) is 0 Å². The van der Waals surface area contributed by atoms with Crippen molar-refractivity contribution in [2.24, 2.45) is 5.73 Å². The van der Waals surface area contributed by atoms with E-state index in [1.807, 2.05) is 0 Å². The van der Waals surface area contributed by atoms with Crippen LogP contribution in [-0.2, 0) is 4.74 Å². The number of hydrogen-bond donors (Lipinski definition) is 1. The van der Waals surface area contributed by atoms with Gasteiger partial charge in [-0.25, -0.2) is 0 Å². The van der Waals surface area contributed by atoms with Crippen LogP contribution in [0.25, 0.3) is 0 Å². The molecule has 0 bridgehead atoms. The first kappa shape index (κ1) is 4.27. The third-order valence-electron chi connectivity index (χ3n) is 0.209. The van der Waals surface area contributed by atoms with Crippen LogP contribution in [0.4, 0.5) is 0 Å². The molecule has 0 aromatic heterocycles. The molecular formula is C2H5N2O. The number of nitrogens with two attached hydrogens (primary N) is 1. The van der Waals surface area contributed by atoms with Gasteiger partial charge >= 0.3 is 6.02 Å². The number of methoxy groups -OCH3 is 1. The molecule has 0 aliphatic carbocycles. The molecule has 29 valence electrons. The summed E-state index contributed by atoms with van der Waals surface area (Å²) in [5.41, 5.74) is 4.54. The summed E-state index contributed by atoms with van der Waals surface area (Å²) in [6, 6.07) is -0.495. The Morgan fingerprint density at radius 1 is 2.00 bits per heavy atom.